The quantitative estimate of drug-likeness (QED) is 0.595. The molecule has 0 unspecified atom stereocenters. The molecule has 0 amide bonds. The topological polar surface area (TPSA) is 138 Å². The molecule has 1 heterocycles. The van der Waals surface area contributed by atoms with Crippen molar-refractivity contribution in [2.45, 2.75) is 10.4 Å². The highest BCUT2D eigenvalue weighted by atomic mass is 32.2. The third kappa shape index (κ3) is 2.90. The van der Waals surface area contributed by atoms with E-state index in [4.69, 9.17) is 0 Å². The molecule has 14 heteroatoms. The molecule has 0 atom stereocenters. The number of aromatic nitrogens is 2. The molecule has 2 aromatic rings. The van der Waals surface area contributed by atoms with Gasteiger partial charge in [-0.1, -0.05) is 0 Å². The van der Waals surface area contributed by atoms with Crippen LogP contribution >= 0.6 is 0 Å². The molecule has 0 bridgehead atoms. The van der Waals surface area contributed by atoms with Crippen LogP contribution < -0.4 is 0 Å². The Bertz CT molecular complexity index is 936. The molecule has 1 aromatic carbocycles. The maximum absolute atomic E-state index is 12.5. The second kappa shape index (κ2) is 5.55. The number of hydrogen-bond donors (Lipinski definition) is 0. The number of sulfone groups is 1. The summed E-state index contributed by atoms with van der Waals surface area (Å²) in [7, 11) is -5.78. The van der Waals surface area contributed by atoms with Gasteiger partial charge in [0.1, 0.15) is 0 Å². The molecular weight excluding hydrogens is 361 g/mol. The van der Waals surface area contributed by atoms with Gasteiger partial charge in [0.05, 0.1) is 27.2 Å². The molecule has 0 aliphatic heterocycles. The highest BCUT2D eigenvalue weighted by molar-refractivity contribution is 7.92. The Morgan fingerprint density at radius 1 is 1.08 bits per heavy atom. The summed E-state index contributed by atoms with van der Waals surface area (Å²) >= 11 is 0. The van der Waals surface area contributed by atoms with Gasteiger partial charge < -0.3 is 10.1 Å². The zero-order valence-electron chi connectivity index (χ0n) is 11.2. The van der Waals surface area contributed by atoms with E-state index in [2.05, 4.69) is 5.10 Å². The molecule has 0 saturated heterocycles. The first-order chi connectivity index (χ1) is 10.9. The molecule has 0 spiro atoms. The maximum atomic E-state index is 12.5. The van der Waals surface area contributed by atoms with Gasteiger partial charge in [-0.15, -0.1) is 4.68 Å². The van der Waals surface area contributed by atoms with Crippen molar-refractivity contribution in [1.82, 2.24) is 9.78 Å². The van der Waals surface area contributed by atoms with E-state index in [0.29, 0.717) is 16.8 Å². The van der Waals surface area contributed by atoms with Crippen molar-refractivity contribution in [2.24, 2.45) is 0 Å². The van der Waals surface area contributed by atoms with Gasteiger partial charge >= 0.3 is 11.3 Å². The van der Waals surface area contributed by atoms with E-state index in [1.807, 2.05) is 0 Å². The lowest BCUT2D eigenvalue weighted by atomic mass is 10.2. The summed E-state index contributed by atoms with van der Waals surface area (Å²) in [5, 5.41) is 25.0. The fourth-order valence-corrected chi connectivity index (χ4v) is 2.47. The van der Waals surface area contributed by atoms with E-state index in [0.717, 1.165) is 12.3 Å². The number of nitro groups is 2. The highest BCUT2D eigenvalue weighted by Crippen LogP contribution is 2.34. The van der Waals surface area contributed by atoms with E-state index in [9.17, 15) is 41.8 Å². The van der Waals surface area contributed by atoms with Crippen LogP contribution in [0.1, 0.15) is 0 Å². The fourth-order valence-electron chi connectivity index (χ4n) is 1.69. The zero-order chi connectivity index (χ0) is 18.3. The van der Waals surface area contributed by atoms with Gasteiger partial charge in [-0.25, -0.2) is 8.42 Å². The Morgan fingerprint density at radius 2 is 1.71 bits per heavy atom. The number of hydrogen-bond acceptors (Lipinski definition) is 7. The van der Waals surface area contributed by atoms with Crippen LogP contribution in [-0.4, -0.2) is 33.6 Å². The minimum absolute atomic E-state index is 0.214. The van der Waals surface area contributed by atoms with Crippen LogP contribution in [0.3, 0.4) is 0 Å². The average Bonchev–Trinajstić information content (AvgIpc) is 2.95. The molecule has 24 heavy (non-hydrogen) atoms. The van der Waals surface area contributed by atoms with Gasteiger partial charge in [-0.2, -0.15) is 13.2 Å². The van der Waals surface area contributed by atoms with E-state index < -0.39 is 47.3 Å². The SMILES string of the molecule is O=[N+]([O-])c1ccn(-c2ccc(S(=O)(=O)C(F)(F)F)cc2[N+](=O)[O-])n1. The first-order valence-electron chi connectivity index (χ1n) is 5.75. The largest absolute Gasteiger partial charge is 0.501 e. The zero-order valence-corrected chi connectivity index (χ0v) is 12.0. The molecule has 0 radical (unpaired) electrons. The third-order valence-corrected chi connectivity index (χ3v) is 4.25. The number of nitro benzene ring substituents is 1. The molecule has 10 nitrogen and oxygen atoms in total. The predicted octanol–water partition coefficient (Wildman–Crippen LogP) is 1.98. The van der Waals surface area contributed by atoms with Crippen molar-refractivity contribution in [1.29, 1.82) is 0 Å². The van der Waals surface area contributed by atoms with Crippen molar-refractivity contribution < 1.29 is 31.4 Å². The summed E-state index contributed by atoms with van der Waals surface area (Å²) in [4.78, 5) is 18.2. The number of nitrogens with zero attached hydrogens (tertiary/aromatic N) is 4. The Labute approximate surface area is 130 Å². The first-order valence-corrected chi connectivity index (χ1v) is 7.23. The molecule has 1 aromatic heterocycles. The van der Waals surface area contributed by atoms with Gasteiger partial charge in [-0.05, 0) is 17.1 Å². The summed E-state index contributed by atoms with van der Waals surface area (Å²) in [6.45, 7) is 0. The van der Waals surface area contributed by atoms with Crippen molar-refractivity contribution in [3.8, 4) is 5.69 Å². The second-order valence-electron chi connectivity index (χ2n) is 4.23. The molecule has 0 aliphatic carbocycles. The molecular formula is C10H5F3N4O6S. The summed E-state index contributed by atoms with van der Waals surface area (Å²) in [5.41, 5.74) is -7.08. The number of benzene rings is 1. The maximum Gasteiger partial charge on any atom is 0.501 e. The molecule has 0 N–H and O–H groups in total. The van der Waals surface area contributed by atoms with Gasteiger partial charge in [0.15, 0.2) is 5.69 Å². The smallest absolute Gasteiger partial charge is 0.358 e. The van der Waals surface area contributed by atoms with Crippen LogP contribution in [-0.2, 0) is 9.84 Å². The highest BCUT2D eigenvalue weighted by Gasteiger charge is 2.47. The van der Waals surface area contributed by atoms with Crippen molar-refractivity contribution in [2.75, 3.05) is 0 Å². The average molecular weight is 366 g/mol. The summed E-state index contributed by atoms with van der Waals surface area (Å²) in [5.74, 6) is -0.656. The van der Waals surface area contributed by atoms with Gasteiger partial charge in [-0.3, -0.25) is 10.1 Å². The molecule has 0 saturated carbocycles. The third-order valence-electron chi connectivity index (χ3n) is 2.77. The molecule has 0 aliphatic rings. The fraction of sp³-hybridized carbons (Fsp3) is 0.100. The van der Waals surface area contributed by atoms with Crippen LogP contribution in [0.15, 0.2) is 35.4 Å². The Kier molecular flexibility index (Phi) is 4.01. The van der Waals surface area contributed by atoms with Crippen LogP contribution in [0.5, 0.6) is 0 Å². The van der Waals surface area contributed by atoms with Crippen LogP contribution in [0, 0.1) is 20.2 Å². The monoisotopic (exact) mass is 366 g/mol. The Morgan fingerprint density at radius 3 is 2.17 bits per heavy atom. The normalized spacial score (nSPS) is 12.1. The number of rotatable bonds is 4. The van der Waals surface area contributed by atoms with E-state index in [1.54, 1.807) is 0 Å². The predicted molar refractivity (Wildman–Crippen MR) is 70.1 cm³/mol. The number of halogens is 3. The lowest BCUT2D eigenvalue weighted by molar-refractivity contribution is -0.389. The number of alkyl halides is 3. The minimum atomic E-state index is -5.78. The lowest BCUT2D eigenvalue weighted by Crippen LogP contribution is -2.23. The first kappa shape index (κ1) is 17.3. The second-order valence-corrected chi connectivity index (χ2v) is 6.17. The van der Waals surface area contributed by atoms with E-state index >= 15 is 0 Å². The van der Waals surface area contributed by atoms with Gasteiger partial charge in [0.25, 0.3) is 15.5 Å². The van der Waals surface area contributed by atoms with Crippen molar-refractivity contribution >= 4 is 21.3 Å². The Balaban J connectivity index is 2.64. The van der Waals surface area contributed by atoms with Crippen LogP contribution in [0.4, 0.5) is 24.7 Å². The van der Waals surface area contributed by atoms with Crippen molar-refractivity contribution in [3.05, 3.63) is 50.7 Å². The summed E-state index contributed by atoms with van der Waals surface area (Å²) < 4.78 is 60.9. The molecule has 2 rings (SSSR count). The van der Waals surface area contributed by atoms with Crippen LogP contribution in [0.25, 0.3) is 5.69 Å². The molecule has 128 valence electrons. The van der Waals surface area contributed by atoms with E-state index in [-0.39, 0.29) is 6.07 Å². The summed E-state index contributed by atoms with van der Waals surface area (Å²) in [6.07, 6.45) is 0.971. The minimum Gasteiger partial charge on any atom is -0.358 e. The van der Waals surface area contributed by atoms with Gasteiger partial charge in [0, 0.05) is 6.07 Å². The van der Waals surface area contributed by atoms with E-state index in [1.165, 1.54) is 0 Å². The van der Waals surface area contributed by atoms with Gasteiger partial charge in [0.2, 0.25) is 0 Å². The molecule has 0 fully saturated rings. The Hall–Kier alpha value is -3.03. The van der Waals surface area contributed by atoms with Crippen LogP contribution in [0.2, 0.25) is 0 Å². The summed E-state index contributed by atoms with van der Waals surface area (Å²) in [6, 6.07) is 2.32. The van der Waals surface area contributed by atoms with Crippen molar-refractivity contribution in [3.63, 3.8) is 0 Å². The standard InChI is InChI=1S/C10H5F3N4O6S/c11-10(12,13)24(22,23)6-1-2-7(8(5-6)16(18)19)15-4-3-9(14-15)17(20)21/h1-5H. The lowest BCUT2D eigenvalue weighted by Gasteiger charge is -2.08.